The largest absolute Gasteiger partial charge is 0.465 e. The second-order valence-corrected chi connectivity index (χ2v) is 12.2. The molecule has 0 aliphatic heterocycles. The van der Waals surface area contributed by atoms with E-state index in [4.69, 9.17) is 0 Å². The van der Waals surface area contributed by atoms with E-state index in [1.54, 1.807) is 13.8 Å². The first-order valence-electron chi connectivity index (χ1n) is 15.4. The molecular weight excluding hydrogens is 514 g/mol. The molecule has 41 heavy (non-hydrogen) atoms. The molecule has 224 valence electrons. The van der Waals surface area contributed by atoms with Crippen LogP contribution >= 0.6 is 0 Å². The fourth-order valence-electron chi connectivity index (χ4n) is 6.17. The predicted molar refractivity (Wildman–Crippen MR) is 164 cm³/mol. The maximum atomic E-state index is 12.3. The SMILES string of the molecule is CC.CCCCCN(CC1CC(CN(C(=O)O)c2cnc(C(C)(C)O)cn2)CCC12CC2)c1cc(C#N)ccc1C. The lowest BCUT2D eigenvalue weighted by Gasteiger charge is -2.41. The Balaban J connectivity index is 0.00000226. The molecule has 8 heteroatoms. The number of aryl methyl sites for hydroxylation is 1. The van der Waals surface area contributed by atoms with Gasteiger partial charge in [0.1, 0.15) is 5.60 Å². The maximum Gasteiger partial charge on any atom is 0.413 e. The van der Waals surface area contributed by atoms with Crippen LogP contribution in [0.2, 0.25) is 0 Å². The van der Waals surface area contributed by atoms with Gasteiger partial charge in [-0.15, -0.1) is 0 Å². The minimum atomic E-state index is -1.14. The van der Waals surface area contributed by atoms with E-state index in [1.807, 2.05) is 32.0 Å². The smallest absolute Gasteiger partial charge is 0.413 e. The molecule has 0 saturated heterocycles. The number of carbonyl (C=O) groups is 1. The Kier molecular flexibility index (Phi) is 11.1. The average Bonchev–Trinajstić information content (AvgIpc) is 3.74. The summed E-state index contributed by atoms with van der Waals surface area (Å²) in [5.74, 6) is 1.00. The van der Waals surface area contributed by atoms with Gasteiger partial charge in [-0.25, -0.2) is 9.78 Å². The summed E-state index contributed by atoms with van der Waals surface area (Å²) in [5.41, 5.74) is 2.66. The standard InChI is InChI=1S/C31H43N5O3.C2H6/c1-5-6-7-14-35(26-16-23(17-32)9-8-22(26)2)21-25-15-24(10-11-31(25)12-13-31)20-36(29(37)38)28-19-33-27(18-34-28)30(3,4)39;1-2/h8-9,16,18-19,24-25,39H,5-7,10-15,20-21H2,1-4H3,(H,37,38);1-2H3. The van der Waals surface area contributed by atoms with Crippen molar-refractivity contribution in [3.63, 3.8) is 0 Å². The zero-order valence-electron chi connectivity index (χ0n) is 25.9. The van der Waals surface area contributed by atoms with Crippen molar-refractivity contribution in [3.8, 4) is 6.07 Å². The second-order valence-electron chi connectivity index (χ2n) is 12.2. The summed E-state index contributed by atoms with van der Waals surface area (Å²) in [6.45, 7) is 13.9. The van der Waals surface area contributed by atoms with Crippen molar-refractivity contribution in [3.05, 3.63) is 47.4 Å². The van der Waals surface area contributed by atoms with Crippen molar-refractivity contribution in [1.29, 1.82) is 5.26 Å². The monoisotopic (exact) mass is 563 g/mol. The molecule has 2 N–H and O–H groups in total. The average molecular weight is 564 g/mol. The number of hydrogen-bond donors (Lipinski definition) is 2. The van der Waals surface area contributed by atoms with Crippen LogP contribution in [0.5, 0.6) is 0 Å². The summed E-state index contributed by atoms with van der Waals surface area (Å²) >= 11 is 0. The number of nitriles is 1. The lowest BCUT2D eigenvalue weighted by molar-refractivity contribution is 0.0734. The molecule has 0 radical (unpaired) electrons. The molecular formula is C33H49N5O3. The van der Waals surface area contributed by atoms with Gasteiger partial charge < -0.3 is 15.1 Å². The fraction of sp³-hybridized carbons (Fsp3) is 0.636. The van der Waals surface area contributed by atoms with Gasteiger partial charge in [-0.1, -0.05) is 39.7 Å². The fourth-order valence-corrected chi connectivity index (χ4v) is 6.17. The van der Waals surface area contributed by atoms with Crippen LogP contribution in [0.25, 0.3) is 0 Å². The topological polar surface area (TPSA) is 114 Å². The van der Waals surface area contributed by atoms with Crippen LogP contribution < -0.4 is 9.80 Å². The molecule has 1 spiro atoms. The van der Waals surface area contributed by atoms with E-state index in [0.717, 1.165) is 50.9 Å². The van der Waals surface area contributed by atoms with Gasteiger partial charge in [0, 0.05) is 25.3 Å². The Hall–Kier alpha value is -3.18. The second kappa shape index (κ2) is 14.1. The van der Waals surface area contributed by atoms with E-state index in [2.05, 4.69) is 34.8 Å². The molecule has 4 rings (SSSR count). The van der Waals surface area contributed by atoms with Crippen LogP contribution in [-0.4, -0.2) is 45.9 Å². The Morgan fingerprint density at radius 1 is 1.15 bits per heavy atom. The van der Waals surface area contributed by atoms with Gasteiger partial charge in [-0.2, -0.15) is 5.26 Å². The van der Waals surface area contributed by atoms with Crippen molar-refractivity contribution >= 4 is 17.6 Å². The molecule has 0 bridgehead atoms. The first kappa shape index (κ1) is 32.3. The van der Waals surface area contributed by atoms with Crippen molar-refractivity contribution < 1.29 is 15.0 Å². The summed E-state index contributed by atoms with van der Waals surface area (Å²) in [6.07, 6.45) is 10.9. The molecule has 2 atom stereocenters. The minimum absolute atomic E-state index is 0.233. The first-order chi connectivity index (χ1) is 19.6. The van der Waals surface area contributed by atoms with Crippen LogP contribution in [0.3, 0.4) is 0 Å². The van der Waals surface area contributed by atoms with Gasteiger partial charge >= 0.3 is 6.09 Å². The molecule has 1 heterocycles. The van der Waals surface area contributed by atoms with Gasteiger partial charge in [0.25, 0.3) is 0 Å². The number of rotatable bonds is 11. The molecule has 2 aromatic rings. The predicted octanol–water partition coefficient (Wildman–Crippen LogP) is 7.29. The van der Waals surface area contributed by atoms with Gasteiger partial charge in [0.2, 0.25) is 0 Å². The highest BCUT2D eigenvalue weighted by Gasteiger charge is 2.52. The number of benzene rings is 1. The highest BCUT2D eigenvalue weighted by atomic mass is 16.4. The number of unbranched alkanes of at least 4 members (excludes halogenated alkanes) is 2. The summed E-state index contributed by atoms with van der Waals surface area (Å²) < 4.78 is 0. The van der Waals surface area contributed by atoms with Crippen LogP contribution in [-0.2, 0) is 5.60 Å². The zero-order valence-corrected chi connectivity index (χ0v) is 25.9. The Morgan fingerprint density at radius 3 is 2.44 bits per heavy atom. The molecule has 2 saturated carbocycles. The third-order valence-electron chi connectivity index (χ3n) is 8.79. The molecule has 2 aliphatic carbocycles. The molecule has 1 amide bonds. The summed E-state index contributed by atoms with van der Waals surface area (Å²) in [5, 5.41) is 29.8. The summed E-state index contributed by atoms with van der Waals surface area (Å²) in [4.78, 5) is 24.7. The Bertz CT molecular complexity index is 1180. The van der Waals surface area contributed by atoms with Gasteiger partial charge in [-0.3, -0.25) is 9.88 Å². The number of aromatic nitrogens is 2. The van der Waals surface area contributed by atoms with E-state index in [0.29, 0.717) is 35.0 Å². The van der Waals surface area contributed by atoms with Crippen molar-refractivity contribution in [1.82, 2.24) is 9.97 Å². The quantitative estimate of drug-likeness (QED) is 0.276. The normalized spacial score (nSPS) is 19.1. The highest BCUT2D eigenvalue weighted by Crippen LogP contribution is 2.61. The van der Waals surface area contributed by atoms with Crippen molar-refractivity contribution in [2.24, 2.45) is 17.3 Å². The number of hydrogen-bond acceptors (Lipinski definition) is 6. The lowest BCUT2D eigenvalue weighted by Crippen LogP contribution is -2.42. The molecule has 2 aliphatic rings. The van der Waals surface area contributed by atoms with E-state index in [1.165, 1.54) is 42.1 Å². The third kappa shape index (κ3) is 8.19. The number of carboxylic acid groups (broad SMARTS) is 1. The number of amides is 1. The summed E-state index contributed by atoms with van der Waals surface area (Å²) in [6, 6.07) is 8.27. The Labute approximate surface area is 246 Å². The van der Waals surface area contributed by atoms with Gasteiger partial charge in [0.15, 0.2) is 5.82 Å². The lowest BCUT2D eigenvalue weighted by atomic mass is 9.71. The number of nitrogens with zero attached hydrogens (tertiary/aromatic N) is 5. The van der Waals surface area contributed by atoms with Gasteiger partial charge in [0.05, 0.1) is 29.7 Å². The maximum absolute atomic E-state index is 12.3. The van der Waals surface area contributed by atoms with E-state index < -0.39 is 11.7 Å². The number of aliphatic hydroxyl groups is 1. The van der Waals surface area contributed by atoms with E-state index >= 15 is 0 Å². The first-order valence-corrected chi connectivity index (χ1v) is 15.4. The van der Waals surface area contributed by atoms with Crippen molar-refractivity contribution in [2.75, 3.05) is 29.4 Å². The van der Waals surface area contributed by atoms with Crippen LogP contribution in [0.15, 0.2) is 30.6 Å². The molecule has 2 unspecified atom stereocenters. The minimum Gasteiger partial charge on any atom is -0.465 e. The highest BCUT2D eigenvalue weighted by molar-refractivity contribution is 5.84. The molecule has 2 fully saturated rings. The zero-order chi connectivity index (χ0) is 30.2. The molecule has 8 nitrogen and oxygen atoms in total. The molecule has 1 aromatic heterocycles. The summed E-state index contributed by atoms with van der Waals surface area (Å²) in [7, 11) is 0. The number of anilines is 2. The Morgan fingerprint density at radius 2 is 1.88 bits per heavy atom. The van der Waals surface area contributed by atoms with Gasteiger partial charge in [-0.05, 0) is 94.2 Å². The van der Waals surface area contributed by atoms with E-state index in [9.17, 15) is 20.3 Å². The van der Waals surface area contributed by atoms with Crippen LogP contribution in [0, 0.1) is 35.5 Å². The van der Waals surface area contributed by atoms with Crippen LogP contribution in [0.4, 0.5) is 16.3 Å². The third-order valence-corrected chi connectivity index (χ3v) is 8.79. The van der Waals surface area contributed by atoms with Crippen LogP contribution in [0.1, 0.15) is 103 Å². The van der Waals surface area contributed by atoms with E-state index in [-0.39, 0.29) is 5.92 Å². The van der Waals surface area contributed by atoms with Crippen molar-refractivity contribution in [2.45, 2.75) is 98.5 Å². The molecule has 1 aromatic carbocycles.